The first-order chi connectivity index (χ1) is 12.0. The summed E-state index contributed by atoms with van der Waals surface area (Å²) >= 11 is 15.4. The summed E-state index contributed by atoms with van der Waals surface area (Å²) in [4.78, 5) is 28.8. The highest BCUT2D eigenvalue weighted by Gasteiger charge is 2.70. The first-order valence-electron chi connectivity index (χ1n) is 7.61. The summed E-state index contributed by atoms with van der Waals surface area (Å²) in [5.74, 6) is -1.61. The highest BCUT2D eigenvalue weighted by molar-refractivity contribution is 9.10. The fourth-order valence-corrected chi connectivity index (χ4v) is 4.30. The number of fused-ring (bicyclic) bond motifs is 1. The molecule has 7 nitrogen and oxygen atoms in total. The molecule has 1 fully saturated rings. The molecule has 0 bridgehead atoms. The summed E-state index contributed by atoms with van der Waals surface area (Å²) in [6.45, 7) is 3.58. The van der Waals surface area contributed by atoms with Gasteiger partial charge in [-0.15, -0.1) is 0 Å². The van der Waals surface area contributed by atoms with E-state index < -0.39 is 35.1 Å². The minimum absolute atomic E-state index is 0.204. The minimum atomic E-state index is -2.53. The number of aliphatic hydroxyl groups is 2. The maximum absolute atomic E-state index is 12.4. The first-order valence-corrected chi connectivity index (χ1v) is 9.15. The number of ether oxygens (including phenoxy) is 1. The van der Waals surface area contributed by atoms with E-state index in [2.05, 4.69) is 20.9 Å². The normalized spacial score (nSPS) is 31.5. The van der Waals surface area contributed by atoms with E-state index in [-0.39, 0.29) is 14.8 Å². The molecule has 1 aliphatic rings. The Labute approximate surface area is 167 Å². The van der Waals surface area contributed by atoms with Gasteiger partial charge >= 0.3 is 0 Å². The molecular formula is C16H15BrCl2N2O5. The smallest absolute Gasteiger partial charge is 0.206 e. The van der Waals surface area contributed by atoms with Crippen LogP contribution in [0.25, 0.3) is 11.0 Å². The zero-order valence-corrected chi connectivity index (χ0v) is 17.1. The number of rotatable bonds is 3. The molecule has 140 valence electrons. The van der Waals surface area contributed by atoms with Crippen LogP contribution < -0.4 is 0 Å². The van der Waals surface area contributed by atoms with E-state index in [0.29, 0.717) is 11.0 Å². The van der Waals surface area contributed by atoms with Gasteiger partial charge in [0.15, 0.2) is 28.1 Å². The molecule has 2 heterocycles. The van der Waals surface area contributed by atoms with Crippen molar-refractivity contribution in [3.8, 4) is 0 Å². The van der Waals surface area contributed by atoms with Gasteiger partial charge in [0, 0.05) is 0 Å². The van der Waals surface area contributed by atoms with Gasteiger partial charge in [-0.25, -0.2) is 4.98 Å². The number of aromatic nitrogens is 2. The van der Waals surface area contributed by atoms with E-state index in [9.17, 15) is 19.8 Å². The summed E-state index contributed by atoms with van der Waals surface area (Å²) in [7, 11) is 0. The Bertz CT molecular complexity index is 948. The van der Waals surface area contributed by atoms with Gasteiger partial charge in [0.2, 0.25) is 5.60 Å². The van der Waals surface area contributed by atoms with E-state index in [4.69, 9.17) is 27.9 Å². The second kappa shape index (κ2) is 6.25. The van der Waals surface area contributed by atoms with Crippen LogP contribution in [0.3, 0.4) is 0 Å². The number of carbonyl (C=O) groups excluding carboxylic acids is 2. The molecule has 0 aliphatic carbocycles. The molecule has 1 aromatic heterocycles. The van der Waals surface area contributed by atoms with E-state index in [0.717, 1.165) is 13.8 Å². The van der Waals surface area contributed by atoms with Crippen LogP contribution in [-0.4, -0.2) is 48.6 Å². The number of hydrogen-bond acceptors (Lipinski definition) is 6. The Balaban J connectivity index is 2.32. The maximum Gasteiger partial charge on any atom is 0.206 e. The summed E-state index contributed by atoms with van der Waals surface area (Å²) < 4.78 is 7.26. The van der Waals surface area contributed by atoms with Crippen LogP contribution in [0.1, 0.15) is 27.0 Å². The monoisotopic (exact) mass is 464 g/mol. The Kier molecular flexibility index (Phi) is 4.74. The SMILES string of the molecule is CC(=O)[C@@]1(O)[C@@H](C)O[C@@H](n2c(Br)nc3cc(Cl)c(Cl)cc32)[C@@]1(O)C(C)=O. The third-order valence-electron chi connectivity index (χ3n) is 4.86. The predicted molar refractivity (Wildman–Crippen MR) is 98.3 cm³/mol. The number of carbonyl (C=O) groups is 2. The van der Waals surface area contributed by atoms with Crippen molar-refractivity contribution in [2.24, 2.45) is 0 Å². The maximum atomic E-state index is 12.4. The highest BCUT2D eigenvalue weighted by Crippen LogP contribution is 2.49. The van der Waals surface area contributed by atoms with E-state index in [1.807, 2.05) is 0 Å². The molecule has 3 rings (SSSR count). The Hall–Kier alpha value is -1.03. The fourth-order valence-electron chi connectivity index (χ4n) is 3.42. The number of halogens is 3. The van der Waals surface area contributed by atoms with Crippen molar-refractivity contribution < 1.29 is 24.5 Å². The average Bonchev–Trinajstić information content (AvgIpc) is 2.95. The van der Waals surface area contributed by atoms with E-state index >= 15 is 0 Å². The molecule has 0 radical (unpaired) electrons. The third kappa shape index (κ3) is 2.40. The predicted octanol–water partition coefficient (Wildman–Crippen LogP) is 2.66. The van der Waals surface area contributed by atoms with Crippen LogP contribution >= 0.6 is 39.1 Å². The molecule has 2 aromatic rings. The molecule has 1 saturated heterocycles. The summed E-state index contributed by atoms with van der Waals surface area (Å²) in [6.07, 6.45) is -2.56. The van der Waals surface area contributed by atoms with Gasteiger partial charge in [0.1, 0.15) is 0 Å². The van der Waals surface area contributed by atoms with Gasteiger partial charge in [0.05, 0.1) is 27.2 Å². The topological polar surface area (TPSA) is 102 Å². The van der Waals surface area contributed by atoms with Crippen molar-refractivity contribution in [2.75, 3.05) is 0 Å². The lowest BCUT2D eigenvalue weighted by Gasteiger charge is -2.36. The van der Waals surface area contributed by atoms with Gasteiger partial charge in [-0.05, 0) is 48.8 Å². The Morgan fingerprint density at radius 3 is 2.27 bits per heavy atom. The molecule has 10 heteroatoms. The standard InChI is InChI=1S/C16H15BrCl2N2O5/c1-6(22)15(24)8(3)26-13(16(15,25)7(2)23)21-12-5-10(19)9(18)4-11(12)20-14(21)17/h4-5,8,13,24-25H,1-3H3/t8-,13-,15-,16+/m1/s1. The summed E-state index contributed by atoms with van der Waals surface area (Å²) in [5, 5.41) is 22.6. The van der Waals surface area contributed by atoms with Crippen molar-refractivity contribution in [3.63, 3.8) is 0 Å². The van der Waals surface area contributed by atoms with Crippen LogP contribution in [0, 0.1) is 0 Å². The summed E-state index contributed by atoms with van der Waals surface area (Å²) in [5.41, 5.74) is -4.13. The molecule has 0 amide bonds. The zero-order chi connectivity index (χ0) is 19.6. The molecule has 0 unspecified atom stereocenters. The number of hydrogen-bond donors (Lipinski definition) is 2. The third-order valence-corrected chi connectivity index (χ3v) is 6.14. The van der Waals surface area contributed by atoms with Crippen molar-refractivity contribution in [2.45, 2.75) is 44.3 Å². The molecule has 4 atom stereocenters. The van der Waals surface area contributed by atoms with Crippen LogP contribution in [0.5, 0.6) is 0 Å². The molecule has 1 aromatic carbocycles. The van der Waals surface area contributed by atoms with Crippen LogP contribution in [0.15, 0.2) is 16.9 Å². The first kappa shape index (κ1) is 19.7. The Morgan fingerprint density at radius 2 is 1.73 bits per heavy atom. The number of nitrogens with zero attached hydrogens (tertiary/aromatic N) is 2. The largest absolute Gasteiger partial charge is 0.376 e. The van der Waals surface area contributed by atoms with Gasteiger partial charge in [-0.1, -0.05) is 23.2 Å². The second-order valence-electron chi connectivity index (χ2n) is 6.28. The van der Waals surface area contributed by atoms with E-state index in [1.165, 1.54) is 23.6 Å². The highest BCUT2D eigenvalue weighted by atomic mass is 79.9. The van der Waals surface area contributed by atoms with Crippen molar-refractivity contribution in [1.82, 2.24) is 9.55 Å². The van der Waals surface area contributed by atoms with Crippen molar-refractivity contribution >= 4 is 61.7 Å². The molecule has 0 saturated carbocycles. The lowest BCUT2D eigenvalue weighted by atomic mass is 9.75. The number of benzene rings is 1. The lowest BCUT2D eigenvalue weighted by molar-refractivity contribution is -0.180. The van der Waals surface area contributed by atoms with Gasteiger partial charge in [-0.2, -0.15) is 0 Å². The van der Waals surface area contributed by atoms with Crippen molar-refractivity contribution in [1.29, 1.82) is 0 Å². The van der Waals surface area contributed by atoms with Crippen molar-refractivity contribution in [3.05, 3.63) is 26.9 Å². The fraction of sp³-hybridized carbons (Fsp3) is 0.438. The van der Waals surface area contributed by atoms with Crippen LogP contribution in [0.2, 0.25) is 10.0 Å². The molecule has 0 spiro atoms. The van der Waals surface area contributed by atoms with Crippen LogP contribution in [-0.2, 0) is 14.3 Å². The number of Topliss-reactive ketones (excluding diaryl/α,β-unsaturated/α-hetero) is 2. The quantitative estimate of drug-likeness (QED) is 0.722. The van der Waals surface area contributed by atoms with Crippen LogP contribution in [0.4, 0.5) is 0 Å². The molecular weight excluding hydrogens is 451 g/mol. The molecule has 2 N–H and O–H groups in total. The van der Waals surface area contributed by atoms with Gasteiger partial charge in [-0.3, -0.25) is 14.2 Å². The van der Waals surface area contributed by atoms with E-state index in [1.54, 1.807) is 0 Å². The number of imidazole rings is 1. The lowest BCUT2D eigenvalue weighted by Crippen LogP contribution is -2.65. The Morgan fingerprint density at radius 1 is 1.19 bits per heavy atom. The van der Waals surface area contributed by atoms with Gasteiger partial charge in [0.25, 0.3) is 0 Å². The second-order valence-corrected chi connectivity index (χ2v) is 7.81. The minimum Gasteiger partial charge on any atom is -0.376 e. The average molecular weight is 466 g/mol. The number of ketones is 2. The molecule has 26 heavy (non-hydrogen) atoms. The summed E-state index contributed by atoms with van der Waals surface area (Å²) in [6, 6.07) is 3.01. The van der Waals surface area contributed by atoms with Gasteiger partial charge < -0.3 is 14.9 Å². The zero-order valence-electron chi connectivity index (χ0n) is 14.0. The molecule has 1 aliphatic heterocycles.